The lowest BCUT2D eigenvalue weighted by Gasteiger charge is -2.35. The Morgan fingerprint density at radius 2 is 1.71 bits per heavy atom. The van der Waals surface area contributed by atoms with Crippen LogP contribution in [-0.4, -0.2) is 13.1 Å². The van der Waals surface area contributed by atoms with E-state index in [1.54, 1.807) is 22.3 Å². The van der Waals surface area contributed by atoms with Crippen LogP contribution in [0, 0.1) is 0 Å². The second-order valence-corrected chi connectivity index (χ2v) is 6.57. The molecule has 4 rings (SSSR count). The zero-order valence-corrected chi connectivity index (χ0v) is 12.7. The fraction of sp³-hybridized carbons (Fsp3) is 0.400. The molecule has 0 fully saturated rings. The maximum Gasteiger partial charge on any atom is 0.0139 e. The summed E-state index contributed by atoms with van der Waals surface area (Å²) in [5.74, 6) is 1.45. The minimum absolute atomic E-state index is 0.604. The molecule has 0 bridgehead atoms. The van der Waals surface area contributed by atoms with Crippen LogP contribution >= 0.6 is 0 Å². The number of fused-ring (bicyclic) bond motifs is 2. The Morgan fingerprint density at radius 3 is 2.48 bits per heavy atom. The van der Waals surface area contributed by atoms with Crippen molar-refractivity contribution in [3.63, 3.8) is 0 Å². The topological polar surface area (TPSA) is 12.0 Å². The molecule has 0 heterocycles. The van der Waals surface area contributed by atoms with Gasteiger partial charge in [0.2, 0.25) is 0 Å². The number of aryl methyl sites for hydroxylation is 1. The molecule has 0 amide bonds. The van der Waals surface area contributed by atoms with Crippen molar-refractivity contribution in [1.82, 2.24) is 5.32 Å². The van der Waals surface area contributed by atoms with Gasteiger partial charge in [-0.3, -0.25) is 0 Å². The first-order valence-electron chi connectivity index (χ1n) is 8.19. The van der Waals surface area contributed by atoms with Gasteiger partial charge in [0.15, 0.2) is 0 Å². The van der Waals surface area contributed by atoms with E-state index in [4.69, 9.17) is 0 Å². The molecule has 0 saturated carbocycles. The van der Waals surface area contributed by atoms with Crippen molar-refractivity contribution in [3.05, 3.63) is 70.8 Å². The van der Waals surface area contributed by atoms with Gasteiger partial charge < -0.3 is 5.32 Å². The number of hydrogen-bond donors (Lipinski definition) is 1. The highest BCUT2D eigenvalue weighted by Gasteiger charge is 2.33. The van der Waals surface area contributed by atoms with Gasteiger partial charge in [-0.1, -0.05) is 48.5 Å². The number of rotatable bonds is 4. The summed E-state index contributed by atoms with van der Waals surface area (Å²) in [6.45, 7) is 0. The average Bonchev–Trinajstić information content (AvgIpc) is 2.93. The molecule has 0 spiro atoms. The molecule has 2 aromatic carbocycles. The van der Waals surface area contributed by atoms with E-state index in [1.165, 1.54) is 25.7 Å². The molecular formula is C20H23N. The molecule has 2 aromatic rings. The lowest BCUT2D eigenvalue weighted by atomic mass is 9.72. The Morgan fingerprint density at radius 1 is 1.00 bits per heavy atom. The van der Waals surface area contributed by atoms with Crippen LogP contribution in [0.3, 0.4) is 0 Å². The predicted octanol–water partition coefficient (Wildman–Crippen LogP) is 4.03. The highest BCUT2D eigenvalue weighted by atomic mass is 14.9. The molecule has 21 heavy (non-hydrogen) atoms. The van der Waals surface area contributed by atoms with Gasteiger partial charge in [-0.25, -0.2) is 0 Å². The predicted molar refractivity (Wildman–Crippen MR) is 87.9 cm³/mol. The van der Waals surface area contributed by atoms with Crippen molar-refractivity contribution in [2.75, 3.05) is 7.05 Å². The summed E-state index contributed by atoms with van der Waals surface area (Å²) in [7, 11) is 2.14. The molecule has 108 valence electrons. The first-order valence-corrected chi connectivity index (χ1v) is 8.19. The minimum Gasteiger partial charge on any atom is -0.316 e. The van der Waals surface area contributed by atoms with Crippen LogP contribution in [-0.2, 0) is 12.8 Å². The molecule has 0 aliphatic heterocycles. The fourth-order valence-electron chi connectivity index (χ4n) is 4.37. The molecule has 1 N–H and O–H groups in total. The molecule has 0 radical (unpaired) electrons. The monoisotopic (exact) mass is 277 g/mol. The van der Waals surface area contributed by atoms with Crippen molar-refractivity contribution < 1.29 is 0 Å². The van der Waals surface area contributed by atoms with E-state index in [0.29, 0.717) is 12.0 Å². The van der Waals surface area contributed by atoms with E-state index in [9.17, 15) is 0 Å². The Balaban J connectivity index is 1.52. The second kappa shape index (κ2) is 5.31. The van der Waals surface area contributed by atoms with E-state index in [1.807, 2.05) is 0 Å². The standard InChI is InChI=1S/C20H23N/c1-21-20(13-16-12-15-7-3-4-8-17(15)16)19-11-10-14-6-2-5-9-18(14)19/h2-9,16,19-21H,10-13H2,1H3. The van der Waals surface area contributed by atoms with Gasteiger partial charge in [0, 0.05) is 6.04 Å². The van der Waals surface area contributed by atoms with Crippen LogP contribution in [0.1, 0.15) is 46.9 Å². The number of likely N-dealkylation sites (N-methyl/N-ethyl adjacent to an activating group) is 1. The zero-order chi connectivity index (χ0) is 14.2. The molecule has 2 aliphatic rings. The Hall–Kier alpha value is -1.60. The van der Waals surface area contributed by atoms with Crippen molar-refractivity contribution >= 4 is 0 Å². The zero-order valence-electron chi connectivity index (χ0n) is 12.7. The summed E-state index contributed by atoms with van der Waals surface area (Å²) in [6, 6.07) is 18.6. The van der Waals surface area contributed by atoms with E-state index < -0.39 is 0 Å². The minimum atomic E-state index is 0.604. The first-order chi connectivity index (χ1) is 10.4. The Labute approximate surface area is 127 Å². The number of nitrogens with one attached hydrogen (secondary N) is 1. The molecular weight excluding hydrogens is 254 g/mol. The number of hydrogen-bond acceptors (Lipinski definition) is 1. The van der Waals surface area contributed by atoms with Gasteiger partial charge in [-0.2, -0.15) is 0 Å². The third kappa shape index (κ3) is 2.20. The number of benzene rings is 2. The van der Waals surface area contributed by atoms with Crippen LogP contribution in [0.2, 0.25) is 0 Å². The van der Waals surface area contributed by atoms with Crippen molar-refractivity contribution in [1.29, 1.82) is 0 Å². The SMILES string of the molecule is CNC(CC1Cc2ccccc21)C1CCc2ccccc21. The highest BCUT2D eigenvalue weighted by Crippen LogP contribution is 2.43. The van der Waals surface area contributed by atoms with Crippen molar-refractivity contribution in [2.24, 2.45) is 0 Å². The summed E-state index contributed by atoms with van der Waals surface area (Å²) in [6.07, 6.45) is 5.09. The molecule has 1 nitrogen and oxygen atoms in total. The normalized spacial score (nSPS) is 24.0. The Kier molecular flexibility index (Phi) is 3.31. The summed E-state index contributed by atoms with van der Waals surface area (Å²) in [5, 5.41) is 3.61. The fourth-order valence-corrected chi connectivity index (χ4v) is 4.37. The van der Waals surface area contributed by atoms with Crippen LogP contribution in [0.25, 0.3) is 0 Å². The lowest BCUT2D eigenvalue weighted by Crippen LogP contribution is -2.35. The van der Waals surface area contributed by atoms with Gasteiger partial charge in [0.25, 0.3) is 0 Å². The molecule has 2 aliphatic carbocycles. The van der Waals surface area contributed by atoms with Crippen molar-refractivity contribution in [2.45, 2.75) is 43.6 Å². The summed E-state index contributed by atoms with van der Waals surface area (Å²) in [5.41, 5.74) is 6.30. The third-order valence-electron chi connectivity index (χ3n) is 5.54. The second-order valence-electron chi connectivity index (χ2n) is 6.57. The summed E-state index contributed by atoms with van der Waals surface area (Å²) >= 11 is 0. The first kappa shape index (κ1) is 13.1. The Bertz CT molecular complexity index is 646. The van der Waals surface area contributed by atoms with Crippen LogP contribution in [0.15, 0.2) is 48.5 Å². The summed E-state index contributed by atoms with van der Waals surface area (Å²) < 4.78 is 0. The average molecular weight is 277 g/mol. The van der Waals surface area contributed by atoms with Crippen LogP contribution in [0.4, 0.5) is 0 Å². The van der Waals surface area contributed by atoms with Crippen LogP contribution in [0.5, 0.6) is 0 Å². The summed E-state index contributed by atoms with van der Waals surface area (Å²) in [4.78, 5) is 0. The van der Waals surface area contributed by atoms with Gasteiger partial charge >= 0.3 is 0 Å². The highest BCUT2D eigenvalue weighted by molar-refractivity contribution is 5.41. The molecule has 3 atom stereocenters. The van der Waals surface area contributed by atoms with E-state index in [2.05, 4.69) is 60.9 Å². The quantitative estimate of drug-likeness (QED) is 0.889. The van der Waals surface area contributed by atoms with Crippen molar-refractivity contribution in [3.8, 4) is 0 Å². The van der Waals surface area contributed by atoms with E-state index in [0.717, 1.165) is 5.92 Å². The largest absolute Gasteiger partial charge is 0.316 e. The molecule has 0 saturated heterocycles. The van der Waals surface area contributed by atoms with Gasteiger partial charge in [0.1, 0.15) is 0 Å². The van der Waals surface area contributed by atoms with Gasteiger partial charge in [-0.05, 0) is 66.8 Å². The molecule has 1 heteroatoms. The molecule has 3 unspecified atom stereocenters. The van der Waals surface area contributed by atoms with E-state index in [-0.39, 0.29) is 0 Å². The van der Waals surface area contributed by atoms with Gasteiger partial charge in [-0.15, -0.1) is 0 Å². The maximum atomic E-state index is 3.61. The maximum absolute atomic E-state index is 3.61. The van der Waals surface area contributed by atoms with Crippen LogP contribution < -0.4 is 5.32 Å². The third-order valence-corrected chi connectivity index (χ3v) is 5.54. The van der Waals surface area contributed by atoms with Gasteiger partial charge in [0.05, 0.1) is 0 Å². The lowest BCUT2D eigenvalue weighted by molar-refractivity contribution is 0.383. The molecule has 0 aromatic heterocycles. The van der Waals surface area contributed by atoms with E-state index >= 15 is 0 Å². The smallest absolute Gasteiger partial charge is 0.0139 e.